The first-order chi connectivity index (χ1) is 13.2. The summed E-state index contributed by atoms with van der Waals surface area (Å²) in [6.45, 7) is 10.7. The van der Waals surface area contributed by atoms with Crippen molar-refractivity contribution in [1.82, 2.24) is 19.9 Å². The lowest BCUT2D eigenvalue weighted by molar-refractivity contribution is 0.0267. The van der Waals surface area contributed by atoms with Gasteiger partial charge in [-0.05, 0) is 45.6 Å². The Morgan fingerprint density at radius 1 is 1.21 bits per heavy atom. The second-order valence-electron chi connectivity index (χ2n) is 8.48. The van der Waals surface area contributed by atoms with Crippen LogP contribution >= 0.6 is 0 Å². The molecule has 0 aliphatic carbocycles. The molecule has 2 aromatic rings. The first kappa shape index (κ1) is 22.0. The topological polar surface area (TPSA) is 74.4 Å². The highest BCUT2D eigenvalue weighted by Crippen LogP contribution is 2.27. The summed E-state index contributed by atoms with van der Waals surface area (Å²) >= 11 is 0. The van der Waals surface area contributed by atoms with Gasteiger partial charge in [-0.25, -0.2) is 14.8 Å². The van der Waals surface area contributed by atoms with Gasteiger partial charge in [-0.2, -0.15) is 0 Å². The van der Waals surface area contributed by atoms with Crippen LogP contribution in [0.25, 0.3) is 11.0 Å². The van der Waals surface area contributed by atoms with Gasteiger partial charge in [0.2, 0.25) is 0 Å². The lowest BCUT2D eigenvalue weighted by Crippen LogP contribution is -2.39. The Labute approximate surface area is 168 Å². The number of carbonyl (C=O) groups is 1. The first-order valence-electron chi connectivity index (χ1n) is 10.1. The summed E-state index contributed by atoms with van der Waals surface area (Å²) < 4.78 is 5.49. The third kappa shape index (κ3) is 5.59. The predicted molar refractivity (Wildman–Crippen MR) is 114 cm³/mol. The molecule has 2 atom stereocenters. The molecular weight excluding hydrogens is 354 g/mol. The normalized spacial score (nSPS) is 14.0. The van der Waals surface area contributed by atoms with Crippen molar-refractivity contribution in [2.75, 3.05) is 25.5 Å². The van der Waals surface area contributed by atoms with Crippen molar-refractivity contribution in [3.05, 3.63) is 18.6 Å². The molecule has 0 aromatic carbocycles. The molecule has 28 heavy (non-hydrogen) atoms. The number of nitrogens with zero attached hydrogens (tertiary/aromatic N) is 4. The molecule has 2 unspecified atom stereocenters. The zero-order chi connectivity index (χ0) is 20.9. The zero-order valence-electron chi connectivity index (χ0n) is 18.3. The molecule has 0 aliphatic rings. The fourth-order valence-corrected chi connectivity index (χ4v) is 3.47. The highest BCUT2D eigenvalue weighted by Gasteiger charge is 2.25. The molecule has 2 rings (SSSR count). The van der Waals surface area contributed by atoms with Gasteiger partial charge in [0.15, 0.2) is 0 Å². The summed E-state index contributed by atoms with van der Waals surface area (Å²) in [4.78, 5) is 28.2. The average Bonchev–Trinajstić information content (AvgIpc) is 3.11. The third-order valence-electron chi connectivity index (χ3n) is 5.11. The number of hydrogen-bond acceptors (Lipinski definition) is 5. The van der Waals surface area contributed by atoms with Crippen molar-refractivity contribution in [1.29, 1.82) is 0 Å². The summed E-state index contributed by atoms with van der Waals surface area (Å²) in [7, 11) is 3.91. The number of H-pyrrole nitrogens is 1. The van der Waals surface area contributed by atoms with Crippen molar-refractivity contribution in [3.63, 3.8) is 0 Å². The number of anilines is 1. The molecule has 0 saturated carbocycles. The number of rotatable bonds is 8. The Bertz CT molecular complexity index is 767. The van der Waals surface area contributed by atoms with Gasteiger partial charge in [-0.1, -0.05) is 20.3 Å². The van der Waals surface area contributed by atoms with E-state index in [4.69, 9.17) is 4.74 Å². The number of hydrogen-bond donors (Lipinski definition) is 1. The monoisotopic (exact) mass is 389 g/mol. The molecule has 7 nitrogen and oxygen atoms in total. The van der Waals surface area contributed by atoms with Crippen LogP contribution in [0, 0.1) is 5.92 Å². The van der Waals surface area contributed by atoms with E-state index in [9.17, 15) is 4.79 Å². The lowest BCUT2D eigenvalue weighted by Gasteiger charge is -2.33. The van der Waals surface area contributed by atoms with Gasteiger partial charge >= 0.3 is 6.09 Å². The molecule has 0 radical (unpaired) electrons. The Morgan fingerprint density at radius 3 is 2.54 bits per heavy atom. The molecule has 7 heteroatoms. The van der Waals surface area contributed by atoms with E-state index in [1.807, 2.05) is 40.1 Å². The fourth-order valence-electron chi connectivity index (χ4n) is 3.47. The van der Waals surface area contributed by atoms with Gasteiger partial charge in [0.1, 0.15) is 23.4 Å². The molecule has 0 bridgehead atoms. The van der Waals surface area contributed by atoms with Crippen molar-refractivity contribution in [2.24, 2.45) is 5.92 Å². The number of carbonyl (C=O) groups excluding carboxylic acids is 1. The SMILES string of the molecule is CCC(CC(CC)N(C)c1ncnc2[nH]ccc12)CN(C)C(=O)OC(C)(C)C. The van der Waals surface area contributed by atoms with Crippen molar-refractivity contribution in [3.8, 4) is 0 Å². The van der Waals surface area contributed by atoms with Crippen LogP contribution in [0.3, 0.4) is 0 Å². The van der Waals surface area contributed by atoms with Gasteiger partial charge in [-0.3, -0.25) is 0 Å². The van der Waals surface area contributed by atoms with E-state index >= 15 is 0 Å². The smallest absolute Gasteiger partial charge is 0.410 e. The van der Waals surface area contributed by atoms with Crippen LogP contribution in [-0.2, 0) is 4.74 Å². The average molecular weight is 390 g/mol. The molecule has 0 aliphatic heterocycles. The molecule has 0 fully saturated rings. The Kier molecular flexibility index (Phi) is 7.27. The van der Waals surface area contributed by atoms with Crippen LogP contribution in [0.5, 0.6) is 0 Å². The first-order valence-corrected chi connectivity index (χ1v) is 10.1. The van der Waals surface area contributed by atoms with E-state index in [2.05, 4.69) is 40.7 Å². The molecule has 0 spiro atoms. The molecule has 1 N–H and O–H groups in total. The standard InChI is InChI=1S/C21H35N5O2/c1-8-15(13-25(6)20(27)28-21(3,4)5)12-16(9-2)26(7)19-17-10-11-22-18(17)23-14-24-19/h10-11,14-16H,8-9,12-13H2,1-7H3,(H,22,23,24). The Hall–Kier alpha value is -2.31. The van der Waals surface area contributed by atoms with Gasteiger partial charge < -0.3 is 19.5 Å². The van der Waals surface area contributed by atoms with Crippen molar-refractivity contribution < 1.29 is 9.53 Å². The number of amides is 1. The molecule has 156 valence electrons. The number of nitrogens with one attached hydrogen (secondary N) is 1. The molecule has 0 saturated heterocycles. The van der Waals surface area contributed by atoms with Crippen LogP contribution in [0.2, 0.25) is 0 Å². The zero-order valence-corrected chi connectivity index (χ0v) is 18.3. The van der Waals surface area contributed by atoms with Gasteiger partial charge in [0.05, 0.1) is 5.39 Å². The largest absolute Gasteiger partial charge is 0.444 e. The summed E-state index contributed by atoms with van der Waals surface area (Å²) in [6.07, 6.45) is 6.21. The van der Waals surface area contributed by atoms with E-state index in [-0.39, 0.29) is 6.09 Å². The molecule has 2 aromatic heterocycles. The van der Waals surface area contributed by atoms with Crippen LogP contribution in [-0.4, -0.2) is 58.2 Å². The maximum atomic E-state index is 12.3. The Morgan fingerprint density at radius 2 is 1.93 bits per heavy atom. The van der Waals surface area contributed by atoms with Gasteiger partial charge in [0.25, 0.3) is 0 Å². The number of fused-ring (bicyclic) bond motifs is 1. The quantitative estimate of drug-likeness (QED) is 0.722. The second-order valence-corrected chi connectivity index (χ2v) is 8.48. The minimum Gasteiger partial charge on any atom is -0.444 e. The number of aromatic amines is 1. The highest BCUT2D eigenvalue weighted by molar-refractivity contribution is 5.87. The van der Waals surface area contributed by atoms with Crippen LogP contribution in [0.4, 0.5) is 10.6 Å². The highest BCUT2D eigenvalue weighted by atomic mass is 16.6. The summed E-state index contributed by atoms with van der Waals surface area (Å²) in [6, 6.07) is 2.34. The predicted octanol–water partition coefficient (Wildman–Crippen LogP) is 4.46. The second kappa shape index (κ2) is 9.26. The van der Waals surface area contributed by atoms with Crippen molar-refractivity contribution >= 4 is 22.9 Å². The van der Waals surface area contributed by atoms with E-state index < -0.39 is 5.60 Å². The third-order valence-corrected chi connectivity index (χ3v) is 5.11. The van der Waals surface area contributed by atoms with Crippen LogP contribution < -0.4 is 4.90 Å². The Balaban J connectivity index is 2.07. The summed E-state index contributed by atoms with van der Waals surface area (Å²) in [5.74, 6) is 1.32. The minimum absolute atomic E-state index is 0.266. The van der Waals surface area contributed by atoms with E-state index in [0.717, 1.165) is 36.1 Å². The van der Waals surface area contributed by atoms with E-state index in [0.29, 0.717) is 18.5 Å². The van der Waals surface area contributed by atoms with Gasteiger partial charge in [0, 0.05) is 32.9 Å². The lowest BCUT2D eigenvalue weighted by atomic mass is 9.94. The molecular formula is C21H35N5O2. The van der Waals surface area contributed by atoms with Gasteiger partial charge in [-0.15, -0.1) is 0 Å². The summed E-state index contributed by atoms with van der Waals surface area (Å²) in [5.41, 5.74) is 0.372. The van der Waals surface area contributed by atoms with Crippen LogP contribution in [0.1, 0.15) is 53.9 Å². The fraction of sp³-hybridized carbons (Fsp3) is 0.667. The van der Waals surface area contributed by atoms with Crippen molar-refractivity contribution in [2.45, 2.75) is 65.5 Å². The maximum absolute atomic E-state index is 12.3. The number of aromatic nitrogens is 3. The van der Waals surface area contributed by atoms with Crippen LogP contribution in [0.15, 0.2) is 18.6 Å². The summed E-state index contributed by atoms with van der Waals surface area (Å²) in [5, 5.41) is 1.03. The minimum atomic E-state index is -0.478. The maximum Gasteiger partial charge on any atom is 0.410 e. The van der Waals surface area contributed by atoms with E-state index in [1.54, 1.807) is 11.2 Å². The number of ether oxygens (including phenoxy) is 1. The van der Waals surface area contributed by atoms with E-state index in [1.165, 1.54) is 0 Å². The molecule has 1 amide bonds. The molecule has 2 heterocycles.